The third-order valence-corrected chi connectivity index (χ3v) is 4.34. The van der Waals surface area contributed by atoms with Crippen molar-refractivity contribution in [2.75, 3.05) is 6.54 Å². The highest BCUT2D eigenvalue weighted by Crippen LogP contribution is 2.31. The maximum Gasteiger partial charge on any atom is 0.225 e. The molecule has 3 N–H and O–H groups in total. The summed E-state index contributed by atoms with van der Waals surface area (Å²) in [6.45, 7) is 0.702. The van der Waals surface area contributed by atoms with Crippen LogP contribution in [0.2, 0.25) is 0 Å². The van der Waals surface area contributed by atoms with Crippen LogP contribution in [0.5, 0.6) is 0 Å². The molecule has 19 heavy (non-hydrogen) atoms. The van der Waals surface area contributed by atoms with Gasteiger partial charge in [0, 0.05) is 31.0 Å². The minimum atomic E-state index is 0. The van der Waals surface area contributed by atoms with Crippen LogP contribution in [0.1, 0.15) is 38.5 Å². The monoisotopic (exact) mass is 287 g/mol. The zero-order chi connectivity index (χ0) is 12.7. The van der Waals surface area contributed by atoms with E-state index in [1.807, 2.05) is 4.90 Å². The zero-order valence-corrected chi connectivity index (χ0v) is 11.8. The number of rotatable bonds is 3. The van der Waals surface area contributed by atoms with Crippen LogP contribution in [0.25, 0.3) is 0 Å². The fraction of sp³-hybridized carbons (Fsp3) is 0.846. The van der Waals surface area contributed by atoms with E-state index in [4.69, 9.17) is 5.73 Å². The number of hydrogen-bond donors (Lipinski definition) is 2. The number of amides is 2. The predicted molar refractivity (Wildman–Crippen MR) is 73.8 cm³/mol. The summed E-state index contributed by atoms with van der Waals surface area (Å²) < 4.78 is 0. The van der Waals surface area contributed by atoms with E-state index in [0.717, 1.165) is 32.1 Å². The van der Waals surface area contributed by atoms with Gasteiger partial charge in [-0.25, -0.2) is 0 Å². The molecule has 2 amide bonds. The topological polar surface area (TPSA) is 75.4 Å². The summed E-state index contributed by atoms with van der Waals surface area (Å²) in [6, 6.07) is 0.649. The molecule has 0 bridgehead atoms. The van der Waals surface area contributed by atoms with Gasteiger partial charge in [-0.1, -0.05) is 0 Å². The van der Waals surface area contributed by atoms with Gasteiger partial charge in [-0.2, -0.15) is 0 Å². The van der Waals surface area contributed by atoms with Crippen LogP contribution in [0.4, 0.5) is 0 Å². The lowest BCUT2D eigenvalue weighted by atomic mass is 10.1. The lowest BCUT2D eigenvalue weighted by Crippen LogP contribution is -2.40. The molecule has 0 aromatic carbocycles. The first kappa shape index (κ1) is 14.6. The first-order valence-electron chi connectivity index (χ1n) is 6.99. The van der Waals surface area contributed by atoms with Gasteiger partial charge < -0.3 is 16.0 Å². The average Bonchev–Trinajstić information content (AvgIpc) is 2.97. The minimum Gasteiger partial charge on any atom is -0.351 e. The Morgan fingerprint density at radius 1 is 1.26 bits per heavy atom. The molecule has 0 radical (unpaired) electrons. The van der Waals surface area contributed by atoms with Gasteiger partial charge in [0.2, 0.25) is 11.8 Å². The molecule has 5 nitrogen and oxygen atoms in total. The normalized spacial score (nSPS) is 34.3. The van der Waals surface area contributed by atoms with E-state index in [9.17, 15) is 9.59 Å². The van der Waals surface area contributed by atoms with E-state index in [2.05, 4.69) is 5.32 Å². The molecule has 3 aliphatic rings. The molecule has 0 aromatic rings. The fourth-order valence-electron chi connectivity index (χ4n) is 3.14. The van der Waals surface area contributed by atoms with E-state index in [0.29, 0.717) is 19.0 Å². The molecule has 2 aliphatic carbocycles. The van der Waals surface area contributed by atoms with Crippen LogP contribution in [0, 0.1) is 5.92 Å². The van der Waals surface area contributed by atoms with Crippen molar-refractivity contribution in [2.45, 2.75) is 56.7 Å². The number of carbonyl (C=O) groups is 2. The van der Waals surface area contributed by atoms with Crippen LogP contribution in [0.3, 0.4) is 0 Å². The molecule has 2 saturated carbocycles. The number of nitrogens with two attached hydrogens (primary N) is 1. The largest absolute Gasteiger partial charge is 0.351 e. The summed E-state index contributed by atoms with van der Waals surface area (Å²) in [7, 11) is 0. The number of carbonyl (C=O) groups excluding carboxylic acids is 2. The molecule has 3 unspecified atom stereocenters. The molecular formula is C13H22ClN3O2. The van der Waals surface area contributed by atoms with Gasteiger partial charge in [-0.15, -0.1) is 12.4 Å². The number of halogens is 1. The minimum absolute atomic E-state index is 0. The van der Waals surface area contributed by atoms with Crippen molar-refractivity contribution in [2.24, 2.45) is 11.7 Å². The van der Waals surface area contributed by atoms with Gasteiger partial charge in [-0.3, -0.25) is 9.59 Å². The van der Waals surface area contributed by atoms with Crippen molar-refractivity contribution in [1.29, 1.82) is 0 Å². The third-order valence-electron chi connectivity index (χ3n) is 4.34. The second kappa shape index (κ2) is 5.67. The van der Waals surface area contributed by atoms with Gasteiger partial charge in [0.15, 0.2) is 0 Å². The zero-order valence-electron chi connectivity index (χ0n) is 11.0. The Bertz CT molecular complexity index is 373. The van der Waals surface area contributed by atoms with E-state index in [1.165, 1.54) is 0 Å². The Hall–Kier alpha value is -0.810. The third kappa shape index (κ3) is 3.20. The molecule has 0 spiro atoms. The molecule has 0 aromatic heterocycles. The number of nitrogens with zero attached hydrogens (tertiary/aromatic N) is 1. The Kier molecular flexibility index (Phi) is 4.36. The maximum atomic E-state index is 12.0. The highest BCUT2D eigenvalue weighted by Gasteiger charge is 2.40. The molecule has 3 rings (SSSR count). The quantitative estimate of drug-likeness (QED) is 0.790. The Labute approximate surface area is 119 Å². The van der Waals surface area contributed by atoms with Crippen molar-refractivity contribution in [3.8, 4) is 0 Å². The standard InChI is InChI=1S/C13H21N3O2.ClH/c14-9-2-1-8(5-9)13(18)15-10-6-12(17)16(7-10)11-3-4-11;/h8-11H,1-7,14H2,(H,15,18);1H. The van der Waals surface area contributed by atoms with Crippen molar-refractivity contribution >= 4 is 24.2 Å². The first-order chi connectivity index (χ1) is 8.63. The Morgan fingerprint density at radius 3 is 2.58 bits per heavy atom. The van der Waals surface area contributed by atoms with Crippen LogP contribution >= 0.6 is 12.4 Å². The number of likely N-dealkylation sites (tertiary alicyclic amines) is 1. The maximum absolute atomic E-state index is 12.0. The molecular weight excluding hydrogens is 266 g/mol. The second-order valence-electron chi connectivity index (χ2n) is 5.96. The fourth-order valence-corrected chi connectivity index (χ4v) is 3.14. The molecule has 3 atom stereocenters. The van der Waals surface area contributed by atoms with E-state index in [1.54, 1.807) is 0 Å². The van der Waals surface area contributed by atoms with Crippen LogP contribution in [-0.4, -0.2) is 41.4 Å². The number of nitrogens with one attached hydrogen (secondary N) is 1. The number of hydrogen-bond acceptors (Lipinski definition) is 3. The molecule has 108 valence electrons. The second-order valence-corrected chi connectivity index (χ2v) is 5.96. The van der Waals surface area contributed by atoms with Crippen LogP contribution < -0.4 is 11.1 Å². The SMILES string of the molecule is Cl.NC1CCC(C(=O)NC2CC(=O)N(C3CC3)C2)C1. The van der Waals surface area contributed by atoms with Crippen LogP contribution in [-0.2, 0) is 9.59 Å². The molecule has 6 heteroatoms. The van der Waals surface area contributed by atoms with Gasteiger partial charge in [0.25, 0.3) is 0 Å². The van der Waals surface area contributed by atoms with Gasteiger partial charge in [0.05, 0.1) is 6.04 Å². The van der Waals surface area contributed by atoms with E-state index >= 15 is 0 Å². The average molecular weight is 288 g/mol. The van der Waals surface area contributed by atoms with Crippen LogP contribution in [0.15, 0.2) is 0 Å². The van der Waals surface area contributed by atoms with Crippen molar-refractivity contribution < 1.29 is 9.59 Å². The lowest BCUT2D eigenvalue weighted by Gasteiger charge is -2.17. The summed E-state index contributed by atoms with van der Waals surface area (Å²) in [4.78, 5) is 25.8. The summed E-state index contributed by atoms with van der Waals surface area (Å²) in [5.41, 5.74) is 5.82. The Balaban J connectivity index is 0.00000133. The summed E-state index contributed by atoms with van der Waals surface area (Å²) in [5, 5.41) is 3.03. The van der Waals surface area contributed by atoms with E-state index in [-0.39, 0.29) is 42.2 Å². The molecule has 3 fully saturated rings. The highest BCUT2D eigenvalue weighted by molar-refractivity contribution is 5.85. The predicted octanol–water partition coefficient (Wildman–Crippen LogP) is 0.415. The van der Waals surface area contributed by atoms with E-state index < -0.39 is 0 Å². The lowest BCUT2D eigenvalue weighted by molar-refractivity contribution is -0.128. The summed E-state index contributed by atoms with van der Waals surface area (Å²) in [5.74, 6) is 0.356. The highest BCUT2D eigenvalue weighted by atomic mass is 35.5. The molecule has 1 saturated heterocycles. The van der Waals surface area contributed by atoms with Gasteiger partial charge in [-0.05, 0) is 32.1 Å². The van der Waals surface area contributed by atoms with Gasteiger partial charge >= 0.3 is 0 Å². The first-order valence-corrected chi connectivity index (χ1v) is 6.99. The molecule has 1 aliphatic heterocycles. The van der Waals surface area contributed by atoms with Crippen molar-refractivity contribution in [1.82, 2.24) is 10.2 Å². The smallest absolute Gasteiger partial charge is 0.225 e. The summed E-state index contributed by atoms with van der Waals surface area (Å²) >= 11 is 0. The Morgan fingerprint density at radius 2 is 2.00 bits per heavy atom. The molecule has 1 heterocycles. The van der Waals surface area contributed by atoms with Gasteiger partial charge in [0.1, 0.15) is 0 Å². The van der Waals surface area contributed by atoms with Crippen molar-refractivity contribution in [3.05, 3.63) is 0 Å². The summed E-state index contributed by atoms with van der Waals surface area (Å²) in [6.07, 6.45) is 5.35. The van der Waals surface area contributed by atoms with Crippen molar-refractivity contribution in [3.63, 3.8) is 0 Å².